The van der Waals surface area contributed by atoms with Crippen molar-refractivity contribution in [2.45, 2.75) is 26.2 Å². The quantitative estimate of drug-likeness (QED) is 0.450. The zero-order chi connectivity index (χ0) is 21.2. The van der Waals surface area contributed by atoms with E-state index in [0.717, 1.165) is 53.9 Å². The summed E-state index contributed by atoms with van der Waals surface area (Å²) < 4.78 is 10.8. The fraction of sp³-hybridized carbons (Fsp3) is 0.364. The summed E-state index contributed by atoms with van der Waals surface area (Å²) >= 11 is 0. The van der Waals surface area contributed by atoms with Crippen LogP contribution in [0, 0.1) is 5.92 Å². The van der Waals surface area contributed by atoms with E-state index in [9.17, 15) is 4.79 Å². The van der Waals surface area contributed by atoms with E-state index in [1.165, 1.54) is 0 Å². The van der Waals surface area contributed by atoms with Crippen molar-refractivity contribution in [3.63, 3.8) is 0 Å². The van der Waals surface area contributed by atoms with Gasteiger partial charge >= 0.3 is 5.97 Å². The monoisotopic (exact) mass is 420 g/mol. The summed E-state index contributed by atoms with van der Waals surface area (Å²) in [6.45, 7) is 3.87. The highest BCUT2D eigenvalue weighted by molar-refractivity contribution is 5.86. The molecule has 160 valence electrons. The van der Waals surface area contributed by atoms with Crippen LogP contribution in [0.2, 0.25) is 0 Å². The van der Waals surface area contributed by atoms with Gasteiger partial charge in [-0.05, 0) is 43.9 Å². The summed E-state index contributed by atoms with van der Waals surface area (Å²) in [7, 11) is 0. The van der Waals surface area contributed by atoms with Crippen molar-refractivity contribution in [2.75, 3.05) is 29.9 Å². The zero-order valence-corrected chi connectivity index (χ0v) is 17.3. The number of esters is 1. The highest BCUT2D eigenvalue weighted by Crippen LogP contribution is 2.31. The fourth-order valence-electron chi connectivity index (χ4n) is 4.07. The number of ether oxygens (including phenoxy) is 1. The van der Waals surface area contributed by atoms with Gasteiger partial charge in [-0.3, -0.25) is 9.89 Å². The molecule has 0 aliphatic carbocycles. The van der Waals surface area contributed by atoms with E-state index in [1.807, 2.05) is 31.2 Å². The summed E-state index contributed by atoms with van der Waals surface area (Å²) in [4.78, 5) is 23.4. The predicted molar refractivity (Wildman–Crippen MR) is 117 cm³/mol. The van der Waals surface area contributed by atoms with Crippen molar-refractivity contribution >= 4 is 45.4 Å². The molecule has 4 aromatic rings. The van der Waals surface area contributed by atoms with E-state index in [2.05, 4.69) is 25.4 Å². The number of benzene rings is 1. The van der Waals surface area contributed by atoms with Crippen LogP contribution < -0.4 is 10.2 Å². The molecule has 1 aliphatic heterocycles. The van der Waals surface area contributed by atoms with E-state index in [-0.39, 0.29) is 5.97 Å². The third kappa shape index (κ3) is 4.03. The minimum Gasteiger partial charge on any atom is -0.466 e. The second-order valence-corrected chi connectivity index (χ2v) is 7.74. The molecule has 1 aliphatic rings. The number of furan rings is 1. The lowest BCUT2D eigenvalue weighted by atomic mass is 9.93. The molecule has 5 rings (SSSR count). The summed E-state index contributed by atoms with van der Waals surface area (Å²) in [5.74, 6) is 1.51. The highest BCUT2D eigenvalue weighted by atomic mass is 16.5. The molecule has 1 saturated heterocycles. The van der Waals surface area contributed by atoms with Gasteiger partial charge in [0, 0.05) is 36.7 Å². The number of piperidine rings is 1. The van der Waals surface area contributed by atoms with Crippen LogP contribution in [-0.2, 0) is 9.53 Å². The Hall–Kier alpha value is -3.62. The van der Waals surface area contributed by atoms with E-state index in [1.54, 1.807) is 12.5 Å². The highest BCUT2D eigenvalue weighted by Gasteiger charge is 2.25. The number of rotatable bonds is 6. The van der Waals surface area contributed by atoms with Crippen LogP contribution in [0.5, 0.6) is 0 Å². The number of nitrogens with zero attached hydrogens (tertiary/aromatic N) is 4. The summed E-state index contributed by atoms with van der Waals surface area (Å²) in [6.07, 6.45) is 5.71. The first-order chi connectivity index (χ1) is 15.2. The molecule has 0 bridgehead atoms. The van der Waals surface area contributed by atoms with Gasteiger partial charge in [0.05, 0.1) is 24.6 Å². The molecule has 0 unspecified atom stereocenters. The number of carbonyl (C=O) groups is 1. The van der Waals surface area contributed by atoms with Gasteiger partial charge in [0.15, 0.2) is 11.4 Å². The van der Waals surface area contributed by atoms with Crippen LogP contribution in [0.3, 0.4) is 0 Å². The van der Waals surface area contributed by atoms with Crippen molar-refractivity contribution in [1.82, 2.24) is 20.2 Å². The first-order valence-electron chi connectivity index (χ1n) is 10.6. The molecule has 4 heterocycles. The number of anilines is 3. The van der Waals surface area contributed by atoms with Crippen molar-refractivity contribution in [3.05, 3.63) is 36.7 Å². The van der Waals surface area contributed by atoms with E-state index in [4.69, 9.17) is 14.1 Å². The standard InChI is InChI=1S/C22H24N6O3/c1-2-30-19(29)11-14-5-8-28(9-6-14)21-20-17(7-10-31-20)25-22(26-21)24-16-4-3-15-13-23-27-18(15)12-16/h3-4,7,10,12-14H,2,5-6,8-9,11H2,1H3,(H,23,27)(H,24,25,26). The Morgan fingerprint density at radius 3 is 3.00 bits per heavy atom. The van der Waals surface area contributed by atoms with Gasteiger partial charge in [-0.15, -0.1) is 0 Å². The lowest BCUT2D eigenvalue weighted by Gasteiger charge is -2.32. The number of H-pyrrole nitrogens is 1. The molecular weight excluding hydrogens is 396 g/mol. The molecule has 0 radical (unpaired) electrons. The van der Waals surface area contributed by atoms with Gasteiger partial charge < -0.3 is 19.4 Å². The van der Waals surface area contributed by atoms with Crippen molar-refractivity contribution < 1.29 is 13.9 Å². The van der Waals surface area contributed by atoms with Crippen molar-refractivity contribution in [3.8, 4) is 0 Å². The van der Waals surface area contributed by atoms with Crippen molar-refractivity contribution in [2.24, 2.45) is 5.92 Å². The van der Waals surface area contributed by atoms with Crippen LogP contribution in [0.25, 0.3) is 22.0 Å². The molecular formula is C22H24N6O3. The average molecular weight is 420 g/mol. The molecule has 2 N–H and O–H groups in total. The second kappa shape index (κ2) is 8.25. The number of hydrogen-bond acceptors (Lipinski definition) is 8. The Morgan fingerprint density at radius 2 is 2.16 bits per heavy atom. The lowest BCUT2D eigenvalue weighted by molar-refractivity contribution is -0.144. The molecule has 0 spiro atoms. The molecule has 0 atom stereocenters. The Labute approximate surface area is 178 Å². The smallest absolute Gasteiger partial charge is 0.306 e. The summed E-state index contributed by atoms with van der Waals surface area (Å²) in [5.41, 5.74) is 3.25. The van der Waals surface area contributed by atoms with Gasteiger partial charge in [0.25, 0.3) is 0 Å². The molecule has 0 saturated carbocycles. The maximum atomic E-state index is 11.8. The topological polar surface area (TPSA) is 109 Å². The van der Waals surface area contributed by atoms with Crippen LogP contribution in [-0.4, -0.2) is 45.8 Å². The van der Waals surface area contributed by atoms with Crippen LogP contribution in [0.15, 0.2) is 41.1 Å². The predicted octanol–water partition coefficient (Wildman–Crippen LogP) is 4.01. The van der Waals surface area contributed by atoms with Crippen LogP contribution in [0.4, 0.5) is 17.5 Å². The Kier molecular flexibility index (Phi) is 5.15. The van der Waals surface area contributed by atoms with E-state index >= 15 is 0 Å². The number of fused-ring (bicyclic) bond motifs is 2. The number of carbonyl (C=O) groups excluding carboxylic acids is 1. The average Bonchev–Trinajstić information content (AvgIpc) is 3.43. The van der Waals surface area contributed by atoms with E-state index in [0.29, 0.717) is 30.5 Å². The molecule has 3 aromatic heterocycles. The van der Waals surface area contributed by atoms with Gasteiger partial charge in [0.2, 0.25) is 5.95 Å². The summed E-state index contributed by atoms with van der Waals surface area (Å²) in [5, 5.41) is 11.4. The van der Waals surface area contributed by atoms with Crippen LogP contribution >= 0.6 is 0 Å². The molecule has 0 amide bonds. The lowest BCUT2D eigenvalue weighted by Crippen LogP contribution is -2.35. The van der Waals surface area contributed by atoms with Gasteiger partial charge in [-0.2, -0.15) is 10.1 Å². The fourth-order valence-corrected chi connectivity index (χ4v) is 4.07. The first-order valence-corrected chi connectivity index (χ1v) is 10.6. The second-order valence-electron chi connectivity index (χ2n) is 7.74. The van der Waals surface area contributed by atoms with Gasteiger partial charge in [0.1, 0.15) is 5.52 Å². The number of hydrogen-bond donors (Lipinski definition) is 2. The van der Waals surface area contributed by atoms with E-state index < -0.39 is 0 Å². The first kappa shape index (κ1) is 19.3. The minimum absolute atomic E-state index is 0.114. The molecule has 1 aromatic carbocycles. The molecule has 9 heteroatoms. The van der Waals surface area contributed by atoms with Crippen molar-refractivity contribution in [1.29, 1.82) is 0 Å². The number of nitrogens with one attached hydrogen (secondary N) is 2. The minimum atomic E-state index is -0.114. The van der Waals surface area contributed by atoms with Gasteiger partial charge in [-0.25, -0.2) is 4.98 Å². The SMILES string of the molecule is CCOC(=O)CC1CCN(c2nc(Nc3ccc4cn[nH]c4c3)nc3ccoc23)CC1. The third-order valence-electron chi connectivity index (χ3n) is 5.66. The molecule has 1 fully saturated rings. The third-order valence-corrected chi connectivity index (χ3v) is 5.66. The Bertz CT molecular complexity index is 1210. The zero-order valence-electron chi connectivity index (χ0n) is 17.3. The number of aromatic nitrogens is 4. The molecule has 31 heavy (non-hydrogen) atoms. The largest absolute Gasteiger partial charge is 0.466 e. The maximum Gasteiger partial charge on any atom is 0.306 e. The Morgan fingerprint density at radius 1 is 1.29 bits per heavy atom. The number of aromatic amines is 1. The normalized spacial score (nSPS) is 14.9. The summed E-state index contributed by atoms with van der Waals surface area (Å²) in [6, 6.07) is 7.79. The van der Waals surface area contributed by atoms with Gasteiger partial charge in [-0.1, -0.05) is 0 Å². The molecule has 9 nitrogen and oxygen atoms in total. The maximum absolute atomic E-state index is 11.8. The van der Waals surface area contributed by atoms with Crippen LogP contribution in [0.1, 0.15) is 26.2 Å². The Balaban J connectivity index is 1.35.